The Bertz CT molecular complexity index is 824. The van der Waals surface area contributed by atoms with E-state index in [0.29, 0.717) is 17.9 Å². The second kappa shape index (κ2) is 12.9. The molecule has 0 saturated carbocycles. The number of amides is 2. The first kappa shape index (κ1) is 23.7. The highest BCUT2D eigenvalue weighted by Crippen LogP contribution is 2.22. The van der Waals surface area contributed by atoms with Crippen molar-refractivity contribution in [1.82, 2.24) is 10.9 Å². The number of unbranched alkanes of at least 4 members (excludes halogenated alkanes) is 4. The summed E-state index contributed by atoms with van der Waals surface area (Å²) in [6.07, 6.45) is 5.91. The summed E-state index contributed by atoms with van der Waals surface area (Å²) in [5.41, 5.74) is 6.07. The first-order chi connectivity index (χ1) is 14.5. The van der Waals surface area contributed by atoms with Gasteiger partial charge in [-0.15, -0.1) is 0 Å². The highest BCUT2D eigenvalue weighted by atomic mass is 79.9. The van der Waals surface area contributed by atoms with E-state index in [1.54, 1.807) is 30.3 Å². The molecule has 2 aromatic rings. The molecule has 7 heteroatoms. The average Bonchev–Trinajstić information content (AvgIpc) is 2.74. The van der Waals surface area contributed by atoms with Crippen LogP contribution < -0.4 is 20.3 Å². The Balaban J connectivity index is 1.69. The molecule has 0 unspecified atom stereocenters. The van der Waals surface area contributed by atoms with Gasteiger partial charge in [-0.25, -0.2) is 0 Å². The monoisotopic (exact) mass is 476 g/mol. The summed E-state index contributed by atoms with van der Waals surface area (Å²) in [7, 11) is 0. The molecule has 2 N–H and O–H groups in total. The summed E-state index contributed by atoms with van der Waals surface area (Å²) in [5, 5.41) is 0. The van der Waals surface area contributed by atoms with E-state index >= 15 is 0 Å². The number of rotatable bonds is 11. The summed E-state index contributed by atoms with van der Waals surface area (Å²) in [6, 6.07) is 12.3. The van der Waals surface area contributed by atoms with Gasteiger partial charge >= 0.3 is 0 Å². The third-order valence-electron chi connectivity index (χ3n) is 4.44. The van der Waals surface area contributed by atoms with Gasteiger partial charge in [0.25, 0.3) is 11.8 Å². The number of carbonyl (C=O) groups is 2. The minimum atomic E-state index is -0.450. The molecule has 0 atom stereocenters. The van der Waals surface area contributed by atoms with Crippen molar-refractivity contribution in [3.63, 3.8) is 0 Å². The smallest absolute Gasteiger partial charge is 0.276 e. The van der Waals surface area contributed by atoms with Crippen LogP contribution >= 0.6 is 15.9 Å². The van der Waals surface area contributed by atoms with Gasteiger partial charge in [0.05, 0.1) is 6.61 Å². The Morgan fingerprint density at radius 2 is 1.67 bits per heavy atom. The van der Waals surface area contributed by atoms with Crippen molar-refractivity contribution < 1.29 is 19.1 Å². The van der Waals surface area contributed by atoms with Crippen molar-refractivity contribution in [2.45, 2.75) is 46.0 Å². The van der Waals surface area contributed by atoms with Crippen LogP contribution in [0.3, 0.4) is 0 Å². The quantitative estimate of drug-likeness (QED) is 0.355. The molecule has 162 valence electrons. The van der Waals surface area contributed by atoms with Crippen LogP contribution in [0.2, 0.25) is 0 Å². The Morgan fingerprint density at radius 1 is 0.933 bits per heavy atom. The van der Waals surface area contributed by atoms with Gasteiger partial charge in [-0.3, -0.25) is 20.4 Å². The molecular weight excluding hydrogens is 448 g/mol. The molecular formula is C23H29BrN2O4. The molecule has 0 aliphatic heterocycles. The lowest BCUT2D eigenvalue weighted by Gasteiger charge is -2.11. The Labute approximate surface area is 186 Å². The van der Waals surface area contributed by atoms with Crippen LogP contribution in [0.5, 0.6) is 11.5 Å². The lowest BCUT2D eigenvalue weighted by atomic mass is 10.2. The van der Waals surface area contributed by atoms with Gasteiger partial charge in [-0.05, 0) is 61.4 Å². The summed E-state index contributed by atoms with van der Waals surface area (Å²) in [4.78, 5) is 24.1. The normalized spacial score (nSPS) is 10.4. The predicted octanol–water partition coefficient (Wildman–Crippen LogP) is 4.95. The molecule has 30 heavy (non-hydrogen) atoms. The van der Waals surface area contributed by atoms with Crippen molar-refractivity contribution >= 4 is 27.7 Å². The third kappa shape index (κ3) is 8.45. The molecule has 2 aromatic carbocycles. The van der Waals surface area contributed by atoms with E-state index in [1.807, 2.05) is 19.1 Å². The maximum atomic E-state index is 12.2. The van der Waals surface area contributed by atoms with E-state index in [-0.39, 0.29) is 6.61 Å². The fourth-order valence-electron chi connectivity index (χ4n) is 2.75. The van der Waals surface area contributed by atoms with E-state index in [9.17, 15) is 9.59 Å². The third-order valence-corrected chi connectivity index (χ3v) is 4.94. The second-order valence-electron chi connectivity index (χ2n) is 6.99. The predicted molar refractivity (Wildman–Crippen MR) is 121 cm³/mol. The van der Waals surface area contributed by atoms with Gasteiger partial charge < -0.3 is 9.47 Å². The average molecular weight is 477 g/mol. The largest absolute Gasteiger partial charge is 0.494 e. The van der Waals surface area contributed by atoms with Crippen molar-refractivity contribution in [1.29, 1.82) is 0 Å². The van der Waals surface area contributed by atoms with Gasteiger partial charge in [0.1, 0.15) is 11.5 Å². The zero-order chi connectivity index (χ0) is 21.8. The SMILES string of the molecule is CCCCCCCOc1ccc(C(=O)NNC(=O)COc2ccc(Br)cc2C)cc1. The zero-order valence-electron chi connectivity index (χ0n) is 17.5. The number of nitrogens with one attached hydrogen (secondary N) is 2. The molecule has 0 bridgehead atoms. The molecule has 0 aromatic heterocycles. The minimum absolute atomic E-state index is 0.201. The number of hydrazine groups is 1. The van der Waals surface area contributed by atoms with Crippen LogP contribution in [0.1, 0.15) is 54.9 Å². The highest BCUT2D eigenvalue weighted by Gasteiger charge is 2.09. The lowest BCUT2D eigenvalue weighted by molar-refractivity contribution is -0.123. The van der Waals surface area contributed by atoms with E-state index < -0.39 is 11.8 Å². The fourth-order valence-corrected chi connectivity index (χ4v) is 3.23. The zero-order valence-corrected chi connectivity index (χ0v) is 19.1. The molecule has 2 rings (SSSR count). The van der Waals surface area contributed by atoms with Crippen molar-refractivity contribution in [2.75, 3.05) is 13.2 Å². The Hall–Kier alpha value is -2.54. The molecule has 0 heterocycles. The number of benzene rings is 2. The molecule has 0 aliphatic carbocycles. The number of ether oxygens (including phenoxy) is 2. The minimum Gasteiger partial charge on any atom is -0.494 e. The van der Waals surface area contributed by atoms with Crippen LogP contribution in [0, 0.1) is 6.92 Å². The maximum absolute atomic E-state index is 12.2. The van der Waals surface area contributed by atoms with Crippen molar-refractivity contribution in [3.8, 4) is 11.5 Å². The summed E-state index contributed by atoms with van der Waals surface area (Å²) >= 11 is 3.38. The van der Waals surface area contributed by atoms with E-state index in [1.165, 1.54) is 25.7 Å². The lowest BCUT2D eigenvalue weighted by Crippen LogP contribution is -2.43. The topological polar surface area (TPSA) is 76.7 Å². The van der Waals surface area contributed by atoms with Crippen LogP contribution in [-0.2, 0) is 4.79 Å². The number of aryl methyl sites for hydroxylation is 1. The Morgan fingerprint density at radius 3 is 2.37 bits per heavy atom. The summed E-state index contributed by atoms with van der Waals surface area (Å²) in [5.74, 6) is 0.480. The van der Waals surface area contributed by atoms with E-state index in [4.69, 9.17) is 9.47 Å². The highest BCUT2D eigenvalue weighted by molar-refractivity contribution is 9.10. The van der Waals surface area contributed by atoms with Crippen molar-refractivity contribution in [2.24, 2.45) is 0 Å². The number of carbonyl (C=O) groups excluding carboxylic acids is 2. The van der Waals surface area contributed by atoms with Crippen LogP contribution in [0.4, 0.5) is 0 Å². The van der Waals surface area contributed by atoms with Crippen LogP contribution in [0.25, 0.3) is 0 Å². The number of hydrogen-bond donors (Lipinski definition) is 2. The maximum Gasteiger partial charge on any atom is 0.276 e. The second-order valence-corrected chi connectivity index (χ2v) is 7.90. The standard InChI is InChI=1S/C23H29BrN2O4/c1-3-4-5-6-7-14-29-20-11-8-18(9-12-20)23(28)26-25-22(27)16-30-21-13-10-19(24)15-17(21)2/h8-13,15H,3-7,14,16H2,1-2H3,(H,25,27)(H,26,28). The summed E-state index contributed by atoms with van der Waals surface area (Å²) in [6.45, 7) is 4.55. The molecule has 0 fully saturated rings. The van der Waals surface area contributed by atoms with Gasteiger partial charge in [0.2, 0.25) is 0 Å². The molecule has 0 radical (unpaired) electrons. The van der Waals surface area contributed by atoms with Gasteiger partial charge in [-0.2, -0.15) is 0 Å². The van der Waals surface area contributed by atoms with E-state index in [2.05, 4.69) is 33.7 Å². The van der Waals surface area contributed by atoms with Crippen LogP contribution in [-0.4, -0.2) is 25.0 Å². The number of halogens is 1. The van der Waals surface area contributed by atoms with Crippen LogP contribution in [0.15, 0.2) is 46.9 Å². The molecule has 0 spiro atoms. The first-order valence-electron chi connectivity index (χ1n) is 10.2. The fraction of sp³-hybridized carbons (Fsp3) is 0.391. The molecule has 0 aliphatic rings. The van der Waals surface area contributed by atoms with Gasteiger partial charge in [0, 0.05) is 10.0 Å². The van der Waals surface area contributed by atoms with Gasteiger partial charge in [0.15, 0.2) is 6.61 Å². The summed E-state index contributed by atoms with van der Waals surface area (Å²) < 4.78 is 12.1. The van der Waals surface area contributed by atoms with Crippen molar-refractivity contribution in [3.05, 3.63) is 58.1 Å². The van der Waals surface area contributed by atoms with Gasteiger partial charge in [-0.1, -0.05) is 48.5 Å². The molecule has 6 nitrogen and oxygen atoms in total. The molecule has 0 saturated heterocycles. The first-order valence-corrected chi connectivity index (χ1v) is 11.0. The molecule has 2 amide bonds. The number of hydrogen-bond acceptors (Lipinski definition) is 4. The Kier molecular flexibility index (Phi) is 10.2. The van der Waals surface area contributed by atoms with E-state index in [0.717, 1.165) is 22.2 Å².